The largest absolute Gasteiger partial charge is 0.310 e. The van der Waals surface area contributed by atoms with E-state index in [9.17, 15) is 0 Å². The second-order valence-electron chi connectivity index (χ2n) is 3.00. The van der Waals surface area contributed by atoms with Gasteiger partial charge in [0.25, 0.3) is 0 Å². The van der Waals surface area contributed by atoms with Gasteiger partial charge >= 0.3 is 0 Å². The molecule has 2 rings (SSSR count). The second kappa shape index (κ2) is 4.78. The predicted octanol–water partition coefficient (Wildman–Crippen LogP) is 3.67. The molecule has 0 aliphatic carbocycles. The van der Waals surface area contributed by atoms with Crippen molar-refractivity contribution in [3.8, 4) is 0 Å². The highest BCUT2D eigenvalue weighted by atomic mass is 79.9. The third-order valence-corrected chi connectivity index (χ3v) is 3.03. The lowest BCUT2D eigenvalue weighted by Crippen LogP contribution is -2.34. The molecule has 1 fully saturated rings. The molecular weight excluding hydrogens is 317 g/mol. The predicted molar refractivity (Wildman–Crippen MR) is 64.5 cm³/mol. The van der Waals surface area contributed by atoms with E-state index < -0.39 is 0 Å². The van der Waals surface area contributed by atoms with E-state index in [1.807, 2.05) is 0 Å². The highest BCUT2D eigenvalue weighted by Gasteiger charge is 2.18. The van der Waals surface area contributed by atoms with Crippen molar-refractivity contribution < 1.29 is 0 Å². The zero-order valence-electron chi connectivity index (χ0n) is 6.89. The summed E-state index contributed by atoms with van der Waals surface area (Å²) in [5, 5.41) is 3.37. The van der Waals surface area contributed by atoms with Gasteiger partial charge in [0.2, 0.25) is 0 Å². The molecule has 1 aromatic carbocycles. The number of halogens is 3. The lowest BCUT2D eigenvalue weighted by atomic mass is 9.98. The van der Waals surface area contributed by atoms with E-state index in [0.29, 0.717) is 6.04 Å². The fraction of sp³-hybridized carbons (Fsp3) is 0.333. The SMILES string of the molecule is Brc1cc(Br)cc([C@H]2CCN2)c1.Cl. The number of rotatable bonds is 1. The first-order chi connectivity index (χ1) is 5.75. The molecule has 0 saturated carbocycles. The molecule has 0 spiro atoms. The Bertz CT molecular complexity index is 279. The number of benzene rings is 1. The van der Waals surface area contributed by atoms with Gasteiger partial charge in [-0.3, -0.25) is 0 Å². The van der Waals surface area contributed by atoms with Crippen LogP contribution in [0.4, 0.5) is 0 Å². The molecule has 0 aromatic heterocycles. The van der Waals surface area contributed by atoms with Gasteiger partial charge in [0.05, 0.1) is 0 Å². The Morgan fingerprint density at radius 2 is 1.69 bits per heavy atom. The summed E-state index contributed by atoms with van der Waals surface area (Å²) in [4.78, 5) is 0. The van der Waals surface area contributed by atoms with Crippen molar-refractivity contribution in [2.45, 2.75) is 12.5 Å². The van der Waals surface area contributed by atoms with Crippen LogP contribution in [0.25, 0.3) is 0 Å². The Morgan fingerprint density at radius 1 is 1.15 bits per heavy atom. The van der Waals surface area contributed by atoms with Crippen LogP contribution in [-0.2, 0) is 0 Å². The molecule has 72 valence electrons. The van der Waals surface area contributed by atoms with E-state index >= 15 is 0 Å². The zero-order valence-corrected chi connectivity index (χ0v) is 10.9. The third-order valence-electron chi connectivity index (χ3n) is 2.11. The summed E-state index contributed by atoms with van der Waals surface area (Å²) in [5.74, 6) is 0. The standard InChI is InChI=1S/C9H9Br2N.ClH/c10-7-3-6(4-8(11)5-7)9-1-2-12-9;/h3-5,9,12H,1-2H2;1H/t9-;/m1./s1. The van der Waals surface area contributed by atoms with E-state index in [4.69, 9.17) is 0 Å². The summed E-state index contributed by atoms with van der Waals surface area (Å²) < 4.78 is 2.28. The molecule has 1 saturated heterocycles. The third kappa shape index (κ3) is 2.69. The minimum absolute atomic E-state index is 0. The molecule has 1 aliphatic rings. The Hall–Kier alpha value is 0.430. The second-order valence-corrected chi connectivity index (χ2v) is 4.83. The normalized spacial score (nSPS) is 20.3. The van der Waals surface area contributed by atoms with Crippen LogP contribution >= 0.6 is 44.3 Å². The molecule has 13 heavy (non-hydrogen) atoms. The lowest BCUT2D eigenvalue weighted by molar-refractivity contribution is 0.383. The molecule has 1 N–H and O–H groups in total. The Kier molecular flexibility index (Phi) is 4.23. The molecule has 0 amide bonds. The maximum absolute atomic E-state index is 3.48. The highest BCUT2D eigenvalue weighted by molar-refractivity contribution is 9.11. The van der Waals surface area contributed by atoms with Crippen molar-refractivity contribution in [3.63, 3.8) is 0 Å². The summed E-state index contributed by atoms with van der Waals surface area (Å²) in [6, 6.07) is 6.96. The molecule has 0 radical (unpaired) electrons. The topological polar surface area (TPSA) is 12.0 Å². The highest BCUT2D eigenvalue weighted by Crippen LogP contribution is 2.28. The zero-order chi connectivity index (χ0) is 8.55. The molecule has 1 aromatic rings. The molecule has 1 atom stereocenters. The van der Waals surface area contributed by atoms with Crippen LogP contribution in [0.3, 0.4) is 0 Å². The van der Waals surface area contributed by atoms with Crippen LogP contribution < -0.4 is 5.32 Å². The van der Waals surface area contributed by atoms with Crippen molar-refractivity contribution in [1.29, 1.82) is 0 Å². The fourth-order valence-electron chi connectivity index (χ4n) is 1.35. The molecular formula is C9H10Br2ClN. The number of hydrogen-bond donors (Lipinski definition) is 1. The number of nitrogens with one attached hydrogen (secondary N) is 1. The van der Waals surface area contributed by atoms with Crippen LogP contribution in [-0.4, -0.2) is 6.54 Å². The maximum atomic E-state index is 3.48. The first-order valence-corrected chi connectivity index (χ1v) is 5.54. The Balaban J connectivity index is 0.000000845. The van der Waals surface area contributed by atoms with Gasteiger partial charge in [0.1, 0.15) is 0 Å². The summed E-state index contributed by atoms with van der Waals surface area (Å²) in [5.41, 5.74) is 1.36. The molecule has 4 heteroatoms. The smallest absolute Gasteiger partial charge is 0.0333 e. The molecule has 1 aliphatic heterocycles. The van der Waals surface area contributed by atoms with E-state index in [1.165, 1.54) is 12.0 Å². The average molecular weight is 327 g/mol. The number of hydrogen-bond acceptors (Lipinski definition) is 1. The summed E-state index contributed by atoms with van der Waals surface area (Å²) in [7, 11) is 0. The molecule has 1 nitrogen and oxygen atoms in total. The van der Waals surface area contributed by atoms with Gasteiger partial charge in [-0.15, -0.1) is 12.4 Å². The summed E-state index contributed by atoms with van der Waals surface area (Å²) >= 11 is 6.95. The summed E-state index contributed by atoms with van der Waals surface area (Å²) in [6.45, 7) is 1.15. The first-order valence-electron chi connectivity index (χ1n) is 3.95. The maximum Gasteiger partial charge on any atom is 0.0333 e. The van der Waals surface area contributed by atoms with E-state index in [2.05, 4.69) is 55.4 Å². The van der Waals surface area contributed by atoms with Crippen LogP contribution in [0.5, 0.6) is 0 Å². The van der Waals surface area contributed by atoms with Gasteiger partial charge in [0.15, 0.2) is 0 Å². The van der Waals surface area contributed by atoms with Crippen molar-refractivity contribution in [2.24, 2.45) is 0 Å². The van der Waals surface area contributed by atoms with E-state index in [0.717, 1.165) is 15.5 Å². The first kappa shape index (κ1) is 11.5. The van der Waals surface area contributed by atoms with E-state index in [-0.39, 0.29) is 12.4 Å². The van der Waals surface area contributed by atoms with Gasteiger partial charge in [-0.2, -0.15) is 0 Å². The van der Waals surface area contributed by atoms with Crippen LogP contribution in [0.1, 0.15) is 18.0 Å². The van der Waals surface area contributed by atoms with Crippen molar-refractivity contribution in [2.75, 3.05) is 6.54 Å². The van der Waals surface area contributed by atoms with Gasteiger partial charge in [-0.1, -0.05) is 31.9 Å². The lowest BCUT2D eigenvalue weighted by Gasteiger charge is -2.28. The minimum atomic E-state index is 0. The van der Waals surface area contributed by atoms with Crippen molar-refractivity contribution in [3.05, 3.63) is 32.7 Å². The van der Waals surface area contributed by atoms with Crippen LogP contribution in [0.2, 0.25) is 0 Å². The summed E-state index contributed by atoms with van der Waals surface area (Å²) in [6.07, 6.45) is 1.25. The van der Waals surface area contributed by atoms with Crippen LogP contribution in [0, 0.1) is 0 Å². The van der Waals surface area contributed by atoms with Gasteiger partial charge in [-0.25, -0.2) is 0 Å². The van der Waals surface area contributed by atoms with Crippen molar-refractivity contribution in [1.82, 2.24) is 5.32 Å². The fourth-order valence-corrected chi connectivity index (χ4v) is 2.68. The van der Waals surface area contributed by atoms with E-state index in [1.54, 1.807) is 0 Å². The Morgan fingerprint density at radius 3 is 2.08 bits per heavy atom. The van der Waals surface area contributed by atoms with Crippen molar-refractivity contribution >= 4 is 44.3 Å². The van der Waals surface area contributed by atoms with Gasteiger partial charge < -0.3 is 5.32 Å². The molecule has 0 bridgehead atoms. The Labute approximate surface area is 101 Å². The molecule has 0 unspecified atom stereocenters. The van der Waals surface area contributed by atoms with Gasteiger partial charge in [0, 0.05) is 15.0 Å². The van der Waals surface area contributed by atoms with Gasteiger partial charge in [-0.05, 0) is 36.7 Å². The van der Waals surface area contributed by atoms with Crippen LogP contribution in [0.15, 0.2) is 27.1 Å². The minimum Gasteiger partial charge on any atom is -0.310 e. The quantitative estimate of drug-likeness (QED) is 0.830. The molecule has 1 heterocycles. The average Bonchev–Trinajstić information content (AvgIpc) is 1.79. The monoisotopic (exact) mass is 325 g/mol.